The van der Waals surface area contributed by atoms with Crippen LogP contribution in [0, 0.1) is 0 Å². The van der Waals surface area contributed by atoms with E-state index in [0.29, 0.717) is 25.1 Å². The van der Waals surface area contributed by atoms with Crippen LogP contribution in [0.2, 0.25) is 0 Å². The molecule has 1 amide bonds. The summed E-state index contributed by atoms with van der Waals surface area (Å²) in [5.74, 6) is 2.45. The number of hydrogen-bond acceptors (Lipinski definition) is 8. The maximum atomic E-state index is 12.5. The van der Waals surface area contributed by atoms with E-state index < -0.39 is 0 Å². The van der Waals surface area contributed by atoms with Crippen LogP contribution in [0.15, 0.2) is 48.5 Å². The number of nitrogens with zero attached hydrogens (tertiary/aromatic N) is 4. The number of anilines is 1. The van der Waals surface area contributed by atoms with E-state index >= 15 is 0 Å². The Morgan fingerprint density at radius 1 is 1.08 bits per heavy atom. The van der Waals surface area contributed by atoms with E-state index in [2.05, 4.69) is 32.5 Å². The van der Waals surface area contributed by atoms with Gasteiger partial charge in [-0.3, -0.25) is 9.69 Å². The SMILES string of the molecule is CCCCOc1ccc(C(=O)NCCN2CCN(c3nc(Cc4cccc(OC)c4)ns3)CC2)cc1. The molecule has 1 N–H and O–H groups in total. The zero-order valence-corrected chi connectivity index (χ0v) is 21.9. The Morgan fingerprint density at radius 3 is 2.64 bits per heavy atom. The van der Waals surface area contributed by atoms with Crippen LogP contribution in [-0.4, -0.2) is 73.1 Å². The van der Waals surface area contributed by atoms with Gasteiger partial charge in [0.2, 0.25) is 5.13 Å². The monoisotopic (exact) mass is 509 g/mol. The second kappa shape index (κ2) is 13.2. The van der Waals surface area contributed by atoms with Gasteiger partial charge in [-0.05, 0) is 48.4 Å². The topological polar surface area (TPSA) is 79.8 Å². The van der Waals surface area contributed by atoms with Gasteiger partial charge in [-0.25, -0.2) is 4.98 Å². The Labute approximate surface area is 217 Å². The summed E-state index contributed by atoms with van der Waals surface area (Å²) in [7, 11) is 1.68. The smallest absolute Gasteiger partial charge is 0.251 e. The van der Waals surface area contributed by atoms with Gasteiger partial charge in [0.15, 0.2) is 0 Å². The van der Waals surface area contributed by atoms with Crippen molar-refractivity contribution in [1.29, 1.82) is 0 Å². The lowest BCUT2D eigenvalue weighted by Gasteiger charge is -2.34. The maximum absolute atomic E-state index is 12.5. The van der Waals surface area contributed by atoms with Gasteiger partial charge in [0.25, 0.3) is 5.91 Å². The van der Waals surface area contributed by atoms with Gasteiger partial charge < -0.3 is 19.7 Å². The number of piperazine rings is 1. The molecule has 3 aromatic rings. The first-order valence-electron chi connectivity index (χ1n) is 12.6. The molecule has 4 rings (SSSR count). The highest BCUT2D eigenvalue weighted by Crippen LogP contribution is 2.21. The summed E-state index contributed by atoms with van der Waals surface area (Å²) in [6.45, 7) is 7.97. The van der Waals surface area contributed by atoms with Crippen LogP contribution in [0.25, 0.3) is 0 Å². The molecule has 1 aliphatic heterocycles. The quantitative estimate of drug-likeness (QED) is 0.371. The van der Waals surface area contributed by atoms with Crippen LogP contribution in [0.1, 0.15) is 41.5 Å². The highest BCUT2D eigenvalue weighted by atomic mass is 32.1. The highest BCUT2D eigenvalue weighted by molar-refractivity contribution is 7.09. The molecule has 1 aliphatic rings. The minimum Gasteiger partial charge on any atom is -0.497 e. The molecule has 36 heavy (non-hydrogen) atoms. The van der Waals surface area contributed by atoms with Gasteiger partial charge in [0.05, 0.1) is 13.7 Å². The Bertz CT molecular complexity index is 1100. The van der Waals surface area contributed by atoms with E-state index in [1.807, 2.05) is 42.5 Å². The van der Waals surface area contributed by atoms with Crippen LogP contribution in [0.3, 0.4) is 0 Å². The van der Waals surface area contributed by atoms with Crippen molar-refractivity contribution < 1.29 is 14.3 Å². The normalized spacial score (nSPS) is 14.0. The summed E-state index contributed by atoms with van der Waals surface area (Å²) in [5.41, 5.74) is 1.80. The van der Waals surface area contributed by atoms with Gasteiger partial charge in [0.1, 0.15) is 17.3 Å². The fourth-order valence-corrected chi connectivity index (χ4v) is 4.78. The molecule has 1 aromatic heterocycles. The molecule has 0 saturated carbocycles. The first kappa shape index (κ1) is 25.9. The minimum atomic E-state index is -0.0498. The molecule has 192 valence electrons. The number of methoxy groups -OCH3 is 1. The molecule has 0 radical (unpaired) electrons. The molecule has 1 saturated heterocycles. The number of nitrogens with one attached hydrogen (secondary N) is 1. The largest absolute Gasteiger partial charge is 0.497 e. The van der Waals surface area contributed by atoms with E-state index in [1.165, 1.54) is 11.5 Å². The summed E-state index contributed by atoms with van der Waals surface area (Å²) in [5, 5.41) is 4.01. The second-order valence-electron chi connectivity index (χ2n) is 8.83. The molecule has 0 unspecified atom stereocenters. The van der Waals surface area contributed by atoms with Gasteiger partial charge in [0, 0.05) is 62.8 Å². The van der Waals surface area contributed by atoms with Crippen LogP contribution < -0.4 is 19.7 Å². The lowest BCUT2D eigenvalue weighted by molar-refractivity contribution is 0.0947. The number of unbranched alkanes of at least 4 members (excludes halogenated alkanes) is 1. The fourth-order valence-electron chi connectivity index (χ4n) is 4.04. The fraction of sp³-hybridized carbons (Fsp3) is 0.444. The highest BCUT2D eigenvalue weighted by Gasteiger charge is 2.20. The molecule has 2 aromatic carbocycles. The van der Waals surface area contributed by atoms with Crippen molar-refractivity contribution in [2.75, 3.05) is 57.9 Å². The maximum Gasteiger partial charge on any atom is 0.251 e. The predicted molar refractivity (Wildman–Crippen MR) is 144 cm³/mol. The van der Waals surface area contributed by atoms with E-state index in [0.717, 1.165) is 73.6 Å². The van der Waals surface area contributed by atoms with Crippen molar-refractivity contribution >= 4 is 22.6 Å². The van der Waals surface area contributed by atoms with Crippen molar-refractivity contribution in [3.63, 3.8) is 0 Å². The Morgan fingerprint density at radius 2 is 1.89 bits per heavy atom. The summed E-state index contributed by atoms with van der Waals surface area (Å²) in [6, 6.07) is 15.4. The van der Waals surface area contributed by atoms with Gasteiger partial charge >= 0.3 is 0 Å². The first-order valence-corrected chi connectivity index (χ1v) is 13.4. The third kappa shape index (κ3) is 7.41. The molecular formula is C27H35N5O3S. The number of aromatic nitrogens is 2. The van der Waals surface area contributed by atoms with E-state index in [-0.39, 0.29) is 5.91 Å². The summed E-state index contributed by atoms with van der Waals surface area (Å²) < 4.78 is 15.5. The van der Waals surface area contributed by atoms with E-state index in [9.17, 15) is 4.79 Å². The number of benzene rings is 2. The number of hydrogen-bond donors (Lipinski definition) is 1. The Balaban J connectivity index is 1.16. The van der Waals surface area contributed by atoms with Gasteiger partial charge in [-0.15, -0.1) is 0 Å². The van der Waals surface area contributed by atoms with E-state index in [4.69, 9.17) is 14.5 Å². The molecule has 1 fully saturated rings. The molecule has 0 bridgehead atoms. The average Bonchev–Trinajstić information content (AvgIpc) is 3.38. The van der Waals surface area contributed by atoms with Crippen LogP contribution in [0.4, 0.5) is 5.13 Å². The molecule has 0 spiro atoms. The minimum absolute atomic E-state index is 0.0498. The van der Waals surface area contributed by atoms with Crippen LogP contribution >= 0.6 is 11.5 Å². The molecule has 8 nitrogen and oxygen atoms in total. The Kier molecular flexibility index (Phi) is 9.52. The van der Waals surface area contributed by atoms with Crippen molar-refractivity contribution in [2.45, 2.75) is 26.2 Å². The summed E-state index contributed by atoms with van der Waals surface area (Å²) >= 11 is 1.46. The number of rotatable bonds is 12. The van der Waals surface area contributed by atoms with Crippen molar-refractivity contribution in [2.24, 2.45) is 0 Å². The summed E-state index contributed by atoms with van der Waals surface area (Å²) in [6.07, 6.45) is 2.83. The number of carbonyl (C=O) groups excluding carboxylic acids is 1. The van der Waals surface area contributed by atoms with Gasteiger partial charge in [-0.2, -0.15) is 4.37 Å². The van der Waals surface area contributed by atoms with Crippen molar-refractivity contribution in [1.82, 2.24) is 19.6 Å². The number of carbonyl (C=O) groups is 1. The van der Waals surface area contributed by atoms with Crippen molar-refractivity contribution in [3.05, 3.63) is 65.5 Å². The lowest BCUT2D eigenvalue weighted by atomic mass is 10.1. The predicted octanol–water partition coefficient (Wildman–Crippen LogP) is 3.87. The molecule has 2 heterocycles. The summed E-state index contributed by atoms with van der Waals surface area (Å²) in [4.78, 5) is 21.9. The standard InChI is InChI=1S/C27H35N5O3S/c1-3-4-18-35-23-10-8-22(9-11-23)26(33)28-12-13-31-14-16-32(17-15-31)27-29-25(30-36-27)20-21-6-5-7-24(19-21)34-2/h5-11,19H,3-4,12-18,20H2,1-2H3,(H,28,33). The third-order valence-electron chi connectivity index (χ3n) is 6.19. The van der Waals surface area contributed by atoms with E-state index in [1.54, 1.807) is 7.11 Å². The molecule has 9 heteroatoms. The van der Waals surface area contributed by atoms with Crippen LogP contribution in [0.5, 0.6) is 11.5 Å². The molecular weight excluding hydrogens is 474 g/mol. The molecule has 0 aliphatic carbocycles. The van der Waals surface area contributed by atoms with Gasteiger partial charge in [-0.1, -0.05) is 25.5 Å². The van der Waals surface area contributed by atoms with Crippen molar-refractivity contribution in [3.8, 4) is 11.5 Å². The molecule has 0 atom stereocenters. The van der Waals surface area contributed by atoms with Crippen LogP contribution in [-0.2, 0) is 6.42 Å². The number of ether oxygens (including phenoxy) is 2. The lowest BCUT2D eigenvalue weighted by Crippen LogP contribution is -2.48. The zero-order chi connectivity index (χ0) is 25.2. The number of amides is 1. The Hall–Kier alpha value is -3.17. The zero-order valence-electron chi connectivity index (χ0n) is 21.1. The third-order valence-corrected chi connectivity index (χ3v) is 7.01. The first-order chi connectivity index (χ1) is 17.6. The second-order valence-corrected chi connectivity index (χ2v) is 9.56. The average molecular weight is 510 g/mol.